The summed E-state index contributed by atoms with van der Waals surface area (Å²) >= 11 is 31.3. The Morgan fingerprint density at radius 3 is 0.844 bits per heavy atom. The van der Waals surface area contributed by atoms with E-state index in [0.29, 0.717) is 33.6 Å². The predicted molar refractivity (Wildman–Crippen MR) is 497 cm³/mol. The number of aliphatic hydroxyl groups is 3. The molecular weight excluding hydrogens is 2120 g/mol. The average molecular weight is 2190 g/mol. The number of terminal acetylenes is 3. The average Bonchev–Trinajstić information content (AvgIpc) is 1.58. The van der Waals surface area contributed by atoms with Crippen molar-refractivity contribution in [1.29, 1.82) is 0 Å². The number of H-pyrrole nitrogens is 3. The van der Waals surface area contributed by atoms with Crippen LogP contribution in [0.25, 0.3) is 67.0 Å². The molecule has 9 saturated heterocycles. The molecule has 9 fully saturated rings. The predicted octanol–water partition coefficient (Wildman–Crippen LogP) is -1.57. The van der Waals surface area contributed by atoms with Gasteiger partial charge in [-0.3, -0.25) is 83.9 Å². The summed E-state index contributed by atoms with van der Waals surface area (Å²) in [6, 6.07) is 4.58. The minimum absolute atomic E-state index is 0.0979. The number of hydrogen-bond acceptors (Lipinski definition) is 48. The van der Waals surface area contributed by atoms with Crippen LogP contribution in [-0.4, -0.2) is 295 Å². The fraction of sp³-hybridized carbons (Fsp3) is 0.435. The van der Waals surface area contributed by atoms with E-state index in [1.54, 1.807) is 0 Å². The lowest BCUT2D eigenvalue weighted by Gasteiger charge is -2.33. The van der Waals surface area contributed by atoms with Gasteiger partial charge >= 0.3 is 40.3 Å². The maximum atomic E-state index is 16.0. The van der Waals surface area contributed by atoms with E-state index in [2.05, 4.69) is 92.5 Å². The number of anilines is 6. The number of aromatic amines is 3. The topological polar surface area (TPSA) is 787 Å². The zero-order valence-corrected chi connectivity index (χ0v) is 80.7. The van der Waals surface area contributed by atoms with Crippen molar-refractivity contribution in [3.05, 3.63) is 106 Å². The summed E-state index contributed by atoms with van der Waals surface area (Å²) in [6.45, 7) is -31.1. The number of ether oxygens (including phenoxy) is 6. The third kappa shape index (κ3) is 18.6. The highest BCUT2D eigenvalue weighted by Crippen LogP contribution is 2.62. The number of nitrogens with zero attached hydrogens (tertiary/aromatic N) is 18. The molecule has 21 rings (SSSR count). The standard InChI is InChI=1S/3C23H24FN9O10P2S2/c3*1-2-23-6-39-45(37,47)42-15-11(24)10(40-21(15)33-8-29-13-18(33)30-22(26)31-19(13)35)5-38-44(36,46)43-16(23)14(34)20(41-23)32-7-28-12-9(25)3-4-27-17(12)32/h3*1,3-4,7-8,10-11,14-16,20-21,34H,5-6H2,(H2,25,27)(H,36,46)(H,37,47)(H3,26,30,31,35)/t3*10-,11+,14-,15-,16+,20-,21-,23-,44?,45?/m111/s1. The number of aliphatic hydroxyl groups excluding tert-OH is 3. The van der Waals surface area contributed by atoms with Gasteiger partial charge in [0, 0.05) is 18.6 Å². The molecule has 0 aromatic carbocycles. The third-order valence-corrected chi connectivity index (χ3v) is 32.5. The van der Waals surface area contributed by atoms with E-state index < -0.39 is 243 Å². The lowest BCUT2D eigenvalue weighted by atomic mass is 9.97. The first-order valence-corrected chi connectivity index (χ1v) is 55.9. The molecule has 9 aliphatic rings. The van der Waals surface area contributed by atoms with E-state index in [1.165, 1.54) is 69.5 Å². The van der Waals surface area contributed by atoms with Crippen molar-refractivity contribution < 1.29 is 141 Å². The van der Waals surface area contributed by atoms with Crippen LogP contribution in [0.4, 0.5) is 48.1 Å². The highest BCUT2D eigenvalue weighted by atomic mass is 32.5. The molecule has 12 aromatic rings. The summed E-state index contributed by atoms with van der Waals surface area (Å²) in [7, 11) is 0. The minimum Gasteiger partial charge on any atom is -0.397 e. The molecule has 0 aliphatic carbocycles. The first-order chi connectivity index (χ1) is 66.7. The van der Waals surface area contributed by atoms with Gasteiger partial charge in [0.2, 0.25) is 17.8 Å². The Bertz CT molecular complexity index is 6980. The van der Waals surface area contributed by atoms with Crippen LogP contribution in [0.2, 0.25) is 0 Å². The molecule has 0 radical (unpaired) electrons. The second-order valence-electron chi connectivity index (χ2n) is 31.9. The number of rotatable bonds is 6. The molecule has 9 aliphatic heterocycles. The number of pyridine rings is 3. The van der Waals surface area contributed by atoms with Crippen LogP contribution < -0.4 is 51.1 Å². The normalized spacial score (nSPS) is 38.0. The molecule has 72 heteroatoms. The van der Waals surface area contributed by atoms with Crippen molar-refractivity contribution in [1.82, 2.24) is 102 Å². The highest BCUT2D eigenvalue weighted by molar-refractivity contribution is 8.08. The molecule has 21 heterocycles. The molecule has 57 nitrogen and oxygen atoms in total. The van der Waals surface area contributed by atoms with Gasteiger partial charge in [0.1, 0.15) is 89.8 Å². The molecule has 0 saturated carbocycles. The minimum atomic E-state index is -4.45. The highest BCUT2D eigenvalue weighted by Gasteiger charge is 2.64. The summed E-state index contributed by atoms with van der Waals surface area (Å²) in [6.07, 6.45) is -5.28. The van der Waals surface area contributed by atoms with Gasteiger partial charge in [-0.05, 0) is 89.0 Å². The Morgan fingerprint density at radius 2 is 0.596 bits per heavy atom. The molecule has 0 amide bonds. The number of alkyl halides is 3. The van der Waals surface area contributed by atoms with Gasteiger partial charge in [0.05, 0.1) is 94.7 Å². The Kier molecular flexibility index (Phi) is 26.8. The lowest BCUT2D eigenvalue weighted by Crippen LogP contribution is -2.47. The van der Waals surface area contributed by atoms with Gasteiger partial charge in [-0.1, -0.05) is 17.8 Å². The Balaban J connectivity index is 0.000000134. The number of aromatic nitrogens is 21. The molecule has 30 atom stereocenters. The Labute approximate surface area is 813 Å². The van der Waals surface area contributed by atoms with Gasteiger partial charge in [0.15, 0.2) is 123 Å². The molecule has 12 aromatic heterocycles. The van der Waals surface area contributed by atoms with Gasteiger partial charge in [-0.15, -0.1) is 19.3 Å². The van der Waals surface area contributed by atoms with Crippen LogP contribution in [0.15, 0.2) is 89.1 Å². The van der Waals surface area contributed by atoms with E-state index in [0.717, 1.165) is 32.7 Å². The Hall–Kier alpha value is -9.00. The summed E-state index contributed by atoms with van der Waals surface area (Å²) in [4.78, 5) is 160. The van der Waals surface area contributed by atoms with E-state index in [9.17, 15) is 59.1 Å². The van der Waals surface area contributed by atoms with Crippen molar-refractivity contribution in [2.45, 2.75) is 146 Å². The van der Waals surface area contributed by atoms with Gasteiger partial charge in [0.25, 0.3) is 16.7 Å². The van der Waals surface area contributed by atoms with Crippen LogP contribution in [0.1, 0.15) is 37.4 Å². The van der Waals surface area contributed by atoms with Gasteiger partial charge in [-0.25, -0.2) is 58.0 Å². The van der Waals surface area contributed by atoms with Crippen molar-refractivity contribution in [2.75, 3.05) is 74.0 Å². The summed E-state index contributed by atoms with van der Waals surface area (Å²) in [5.41, 5.74) is 28.4. The SMILES string of the molecule is C#C[C@@]12COP(O)(=S)O[C@@H]3[C@@H](F)[C@@H](COP(O)(=S)O[C@H]1[C@@H](O)[C@H](n1cnc4c(N)ccnc41)O2)O[C@H]3n1cnc2c(=O)[nH]c(N)nc21.C#C[C@@]12COP(O)(=S)O[C@@H]3[C@@H](F)[C@@H](COP(O)(=S)O[C@H]1[C@@H](O)[C@H](n1cnc4c(N)ccnc41)O2)O[C@H]3n1cnc2c(=O)[nH]c(N)nc21.C#C[C@@]12COP(O)(=S)O[C@@H]3[C@@H](F)[C@@H](COP(O)(=S)O[C@H]1[C@@H](O)[C@H](n1cnc4c(N)ccnc41)O2)O[C@H]3n1cnc2c(=O)[nH]c(N)nc21. The second-order valence-corrected chi connectivity index (χ2v) is 48.7. The number of fused-ring (bicyclic) bond motifs is 15. The first kappa shape index (κ1) is 101. The fourth-order valence-corrected chi connectivity index (χ4v) is 25.2. The quantitative estimate of drug-likeness (QED) is 0.0660. The lowest BCUT2D eigenvalue weighted by molar-refractivity contribution is -0.0912. The van der Waals surface area contributed by atoms with Gasteiger partial charge in [-0.2, -0.15) is 15.0 Å². The summed E-state index contributed by atoms with van der Waals surface area (Å²) in [5, 5.41) is 34.4. The Morgan fingerprint density at radius 1 is 0.362 bits per heavy atom. The number of nitrogens with two attached hydrogens (primary N) is 6. The molecule has 0 spiro atoms. The van der Waals surface area contributed by atoms with Crippen LogP contribution >= 0.6 is 40.3 Å². The first-order valence-electron chi connectivity index (χ1n) is 40.4. The van der Waals surface area contributed by atoms with Crippen LogP contribution in [0.3, 0.4) is 0 Å². The summed E-state index contributed by atoms with van der Waals surface area (Å²) in [5.74, 6) is 6.24. The number of nitrogen functional groups attached to an aromatic ring is 6. The molecule has 24 N–H and O–H groups in total. The third-order valence-electron chi connectivity index (χ3n) is 23.2. The van der Waals surface area contributed by atoms with Gasteiger partial charge < -0.3 is 135 Å². The maximum absolute atomic E-state index is 16.0. The van der Waals surface area contributed by atoms with E-state index in [4.69, 9.17) is 207 Å². The maximum Gasteiger partial charge on any atom is 0.325 e. The number of halogens is 3. The van der Waals surface area contributed by atoms with E-state index in [1.807, 2.05) is 0 Å². The number of nitrogens with one attached hydrogen (secondary N) is 3. The van der Waals surface area contributed by atoms with Crippen LogP contribution in [0, 0.1) is 37.0 Å². The fourth-order valence-electron chi connectivity index (χ4n) is 16.7. The molecule has 6 bridgehead atoms. The largest absolute Gasteiger partial charge is 0.397 e. The molecule has 750 valence electrons. The van der Waals surface area contributed by atoms with Crippen LogP contribution in [0.5, 0.6) is 0 Å². The van der Waals surface area contributed by atoms with E-state index >= 15 is 13.2 Å². The smallest absolute Gasteiger partial charge is 0.325 e. The molecular formula is C69H72F3N27O30P6S6. The zero-order valence-electron chi connectivity index (χ0n) is 70.4. The summed E-state index contributed by atoms with van der Waals surface area (Å²) < 4.78 is 159. The van der Waals surface area contributed by atoms with Crippen molar-refractivity contribution in [2.24, 2.45) is 0 Å². The number of imidazole rings is 6. The van der Waals surface area contributed by atoms with E-state index in [-0.39, 0.29) is 68.3 Å². The van der Waals surface area contributed by atoms with Crippen molar-refractivity contribution in [3.63, 3.8) is 0 Å². The zero-order chi connectivity index (χ0) is 100. The van der Waals surface area contributed by atoms with Crippen molar-refractivity contribution >= 4 is 213 Å². The monoisotopic (exact) mass is 2190 g/mol. The molecule has 141 heavy (non-hydrogen) atoms. The van der Waals surface area contributed by atoms with Crippen LogP contribution in [-0.2, 0) is 154 Å². The molecule has 6 unspecified atom stereocenters. The second kappa shape index (κ2) is 37.5. The number of hydrogen-bond donors (Lipinski definition) is 18. The van der Waals surface area contributed by atoms with Crippen molar-refractivity contribution in [3.8, 4) is 37.0 Å².